The van der Waals surface area contributed by atoms with Crippen LogP contribution in [0.2, 0.25) is 0 Å². The predicted molar refractivity (Wildman–Crippen MR) is 72.2 cm³/mol. The highest BCUT2D eigenvalue weighted by Gasteiger charge is 2.17. The second-order valence-electron chi connectivity index (χ2n) is 4.25. The van der Waals surface area contributed by atoms with Crippen LogP contribution in [0.5, 0.6) is 0 Å². The number of hydrogen-bond acceptors (Lipinski definition) is 3. The second-order valence-corrected chi connectivity index (χ2v) is 5.38. The lowest BCUT2D eigenvalue weighted by Crippen LogP contribution is -2.35. The van der Waals surface area contributed by atoms with Crippen LogP contribution >= 0.6 is 11.3 Å². The summed E-state index contributed by atoms with van der Waals surface area (Å²) in [6.45, 7) is 5.91. The summed E-state index contributed by atoms with van der Waals surface area (Å²) in [6.07, 6.45) is 1.49. The molecule has 1 rings (SSSR count). The first-order chi connectivity index (χ1) is 8.47. The number of carbonyl (C=O) groups excluding carboxylic acids is 1. The number of amides is 1. The SMILES string of the molecule is CCc1sc(C(=O)NC(CC)CC(=O)O)cc1C. The first-order valence-corrected chi connectivity index (χ1v) is 6.91. The van der Waals surface area contributed by atoms with Gasteiger partial charge < -0.3 is 10.4 Å². The van der Waals surface area contributed by atoms with Gasteiger partial charge in [-0.25, -0.2) is 0 Å². The molecule has 1 heterocycles. The number of hydrogen-bond donors (Lipinski definition) is 2. The van der Waals surface area contributed by atoms with Gasteiger partial charge in [0.05, 0.1) is 11.3 Å². The smallest absolute Gasteiger partial charge is 0.305 e. The molecule has 0 aliphatic rings. The van der Waals surface area contributed by atoms with Crippen molar-refractivity contribution in [3.05, 3.63) is 21.4 Å². The molecule has 0 fully saturated rings. The molecule has 100 valence electrons. The van der Waals surface area contributed by atoms with Crippen molar-refractivity contribution in [2.75, 3.05) is 0 Å². The van der Waals surface area contributed by atoms with E-state index >= 15 is 0 Å². The summed E-state index contributed by atoms with van der Waals surface area (Å²) in [5, 5.41) is 11.5. The molecule has 5 heteroatoms. The Morgan fingerprint density at radius 3 is 2.56 bits per heavy atom. The summed E-state index contributed by atoms with van der Waals surface area (Å²) < 4.78 is 0. The molecule has 1 atom stereocenters. The summed E-state index contributed by atoms with van der Waals surface area (Å²) in [7, 11) is 0. The highest BCUT2D eigenvalue weighted by atomic mass is 32.1. The number of carboxylic acid groups (broad SMARTS) is 1. The monoisotopic (exact) mass is 269 g/mol. The van der Waals surface area contributed by atoms with Crippen molar-refractivity contribution >= 4 is 23.2 Å². The van der Waals surface area contributed by atoms with Crippen LogP contribution in [-0.2, 0) is 11.2 Å². The lowest BCUT2D eigenvalue weighted by Gasteiger charge is -2.13. The Hall–Kier alpha value is -1.36. The number of aliphatic carboxylic acids is 1. The standard InChI is InChI=1S/C13H19NO3S/c1-4-9(7-12(15)16)14-13(17)11-6-8(3)10(5-2)18-11/h6,9H,4-5,7H2,1-3H3,(H,14,17)(H,15,16). The summed E-state index contributed by atoms with van der Waals surface area (Å²) in [5.41, 5.74) is 1.12. The van der Waals surface area contributed by atoms with E-state index < -0.39 is 5.97 Å². The van der Waals surface area contributed by atoms with Crippen LogP contribution in [0, 0.1) is 6.92 Å². The number of carboxylic acids is 1. The molecule has 0 radical (unpaired) electrons. The van der Waals surface area contributed by atoms with Crippen LogP contribution in [0.1, 0.15) is 46.8 Å². The molecule has 0 bridgehead atoms. The average Bonchev–Trinajstić information content (AvgIpc) is 2.69. The number of thiophene rings is 1. The Labute approximate surface area is 111 Å². The number of rotatable bonds is 6. The van der Waals surface area contributed by atoms with E-state index in [4.69, 9.17) is 5.11 Å². The van der Waals surface area contributed by atoms with Crippen LogP contribution in [-0.4, -0.2) is 23.0 Å². The van der Waals surface area contributed by atoms with E-state index in [1.54, 1.807) is 0 Å². The molecule has 4 nitrogen and oxygen atoms in total. The molecule has 18 heavy (non-hydrogen) atoms. The van der Waals surface area contributed by atoms with E-state index in [9.17, 15) is 9.59 Å². The minimum Gasteiger partial charge on any atom is -0.481 e. The highest BCUT2D eigenvalue weighted by molar-refractivity contribution is 7.14. The number of aryl methyl sites for hydroxylation is 2. The Kier molecular flexibility index (Phi) is 5.34. The van der Waals surface area contributed by atoms with E-state index in [1.807, 2.05) is 19.9 Å². The van der Waals surface area contributed by atoms with E-state index in [-0.39, 0.29) is 18.4 Å². The van der Waals surface area contributed by atoms with Crippen molar-refractivity contribution in [1.82, 2.24) is 5.32 Å². The molecule has 2 N–H and O–H groups in total. The largest absolute Gasteiger partial charge is 0.481 e. The molecule has 1 aromatic heterocycles. The topological polar surface area (TPSA) is 66.4 Å². The predicted octanol–water partition coefficient (Wildman–Crippen LogP) is 2.60. The molecule has 1 amide bonds. The summed E-state index contributed by atoms with van der Waals surface area (Å²) >= 11 is 1.48. The maximum absolute atomic E-state index is 12.0. The van der Waals surface area contributed by atoms with Gasteiger partial charge in [0.2, 0.25) is 0 Å². The van der Waals surface area contributed by atoms with E-state index in [2.05, 4.69) is 12.2 Å². The lowest BCUT2D eigenvalue weighted by molar-refractivity contribution is -0.137. The third-order valence-electron chi connectivity index (χ3n) is 2.81. The molecule has 1 aromatic rings. The Balaban J connectivity index is 2.71. The first-order valence-electron chi connectivity index (χ1n) is 6.09. The minimum atomic E-state index is -0.890. The van der Waals surface area contributed by atoms with Gasteiger partial charge in [0.15, 0.2) is 0 Å². The fraction of sp³-hybridized carbons (Fsp3) is 0.538. The Morgan fingerprint density at radius 2 is 2.11 bits per heavy atom. The zero-order valence-electron chi connectivity index (χ0n) is 10.9. The first kappa shape index (κ1) is 14.7. The zero-order chi connectivity index (χ0) is 13.7. The van der Waals surface area contributed by atoms with E-state index in [0.29, 0.717) is 11.3 Å². The third kappa shape index (κ3) is 3.84. The van der Waals surface area contributed by atoms with Crippen LogP contribution < -0.4 is 5.32 Å². The molecule has 0 saturated carbocycles. The normalized spacial score (nSPS) is 12.2. The van der Waals surface area contributed by atoms with Gasteiger partial charge >= 0.3 is 5.97 Å². The molecule has 0 aromatic carbocycles. The molecule has 0 aliphatic heterocycles. The van der Waals surface area contributed by atoms with Crippen LogP contribution in [0.25, 0.3) is 0 Å². The van der Waals surface area contributed by atoms with Gasteiger partial charge in [0.25, 0.3) is 5.91 Å². The minimum absolute atomic E-state index is 0.0345. The van der Waals surface area contributed by atoms with Crippen LogP contribution in [0.4, 0.5) is 0 Å². The number of nitrogens with one attached hydrogen (secondary N) is 1. The van der Waals surface area contributed by atoms with Gasteiger partial charge in [-0.15, -0.1) is 11.3 Å². The maximum atomic E-state index is 12.0. The summed E-state index contributed by atoms with van der Waals surface area (Å²) in [4.78, 5) is 24.5. The second kappa shape index (κ2) is 6.54. The zero-order valence-corrected chi connectivity index (χ0v) is 11.8. The van der Waals surface area contributed by atoms with Crippen molar-refractivity contribution in [2.24, 2.45) is 0 Å². The van der Waals surface area contributed by atoms with Crippen LogP contribution in [0.3, 0.4) is 0 Å². The fourth-order valence-corrected chi connectivity index (χ4v) is 2.76. The van der Waals surface area contributed by atoms with Gasteiger partial charge in [-0.1, -0.05) is 13.8 Å². The average molecular weight is 269 g/mol. The molecular formula is C13H19NO3S. The van der Waals surface area contributed by atoms with Gasteiger partial charge in [0, 0.05) is 10.9 Å². The van der Waals surface area contributed by atoms with Crippen molar-refractivity contribution in [3.8, 4) is 0 Å². The van der Waals surface area contributed by atoms with Gasteiger partial charge in [-0.05, 0) is 31.4 Å². The molecule has 0 aliphatic carbocycles. The highest BCUT2D eigenvalue weighted by Crippen LogP contribution is 2.22. The van der Waals surface area contributed by atoms with Crippen molar-refractivity contribution < 1.29 is 14.7 Å². The van der Waals surface area contributed by atoms with Crippen LogP contribution in [0.15, 0.2) is 6.07 Å². The van der Waals surface area contributed by atoms with Gasteiger partial charge in [-0.3, -0.25) is 9.59 Å². The van der Waals surface area contributed by atoms with Crippen molar-refractivity contribution in [2.45, 2.75) is 46.1 Å². The molecular weight excluding hydrogens is 250 g/mol. The maximum Gasteiger partial charge on any atom is 0.305 e. The summed E-state index contributed by atoms with van der Waals surface area (Å²) in [5.74, 6) is -1.06. The quantitative estimate of drug-likeness (QED) is 0.834. The van der Waals surface area contributed by atoms with Crippen molar-refractivity contribution in [3.63, 3.8) is 0 Å². The van der Waals surface area contributed by atoms with Crippen molar-refractivity contribution in [1.29, 1.82) is 0 Å². The summed E-state index contributed by atoms with van der Waals surface area (Å²) in [6, 6.07) is 1.56. The van der Waals surface area contributed by atoms with E-state index in [1.165, 1.54) is 16.2 Å². The number of carbonyl (C=O) groups is 2. The lowest BCUT2D eigenvalue weighted by atomic mass is 10.1. The molecule has 0 saturated heterocycles. The Bertz CT molecular complexity index is 439. The molecule has 1 unspecified atom stereocenters. The third-order valence-corrected chi connectivity index (χ3v) is 4.19. The fourth-order valence-electron chi connectivity index (χ4n) is 1.75. The van der Waals surface area contributed by atoms with E-state index in [0.717, 1.165) is 12.0 Å². The van der Waals surface area contributed by atoms with Gasteiger partial charge in [-0.2, -0.15) is 0 Å². The Morgan fingerprint density at radius 1 is 1.44 bits per heavy atom. The van der Waals surface area contributed by atoms with Gasteiger partial charge in [0.1, 0.15) is 0 Å². The molecule has 0 spiro atoms.